The first-order chi connectivity index (χ1) is 9.08. The van der Waals surface area contributed by atoms with Gasteiger partial charge in [-0.05, 0) is 53.9 Å². The van der Waals surface area contributed by atoms with Crippen molar-refractivity contribution in [1.82, 2.24) is 4.98 Å². The van der Waals surface area contributed by atoms with Gasteiger partial charge in [-0.1, -0.05) is 30.3 Å². The van der Waals surface area contributed by atoms with Gasteiger partial charge in [-0.2, -0.15) is 0 Å². The van der Waals surface area contributed by atoms with Gasteiger partial charge in [-0.3, -0.25) is 0 Å². The van der Waals surface area contributed by atoms with Crippen molar-refractivity contribution in [2.45, 2.75) is 33.4 Å². The molecule has 0 atom stereocenters. The van der Waals surface area contributed by atoms with Gasteiger partial charge in [-0.15, -0.1) is 0 Å². The molecule has 0 aliphatic carbocycles. The molecule has 0 aliphatic heterocycles. The van der Waals surface area contributed by atoms with Crippen LogP contribution in [0.3, 0.4) is 0 Å². The molecule has 1 heterocycles. The van der Waals surface area contributed by atoms with Gasteiger partial charge in [0, 0.05) is 18.8 Å². The summed E-state index contributed by atoms with van der Waals surface area (Å²) in [4.78, 5) is 6.88. The van der Waals surface area contributed by atoms with Crippen LogP contribution in [-0.4, -0.2) is 11.0 Å². The van der Waals surface area contributed by atoms with E-state index in [9.17, 15) is 0 Å². The predicted octanol–water partition coefficient (Wildman–Crippen LogP) is 4.57. The molecule has 1 aromatic heterocycles. The van der Waals surface area contributed by atoms with Crippen LogP contribution in [0, 0.1) is 6.92 Å². The van der Waals surface area contributed by atoms with Gasteiger partial charge >= 0.3 is 0 Å². The van der Waals surface area contributed by atoms with Crippen molar-refractivity contribution in [3.8, 4) is 0 Å². The molecule has 2 rings (SSSR count). The fraction of sp³-hybridized carbons (Fsp3) is 0.312. The van der Waals surface area contributed by atoms with Crippen molar-refractivity contribution in [2.75, 3.05) is 4.90 Å². The smallest absolute Gasteiger partial charge is 0.143 e. The Kier molecular flexibility index (Phi) is 4.59. The molecule has 3 heteroatoms. The minimum atomic E-state index is 0.395. The maximum atomic E-state index is 4.57. The molecule has 0 bridgehead atoms. The zero-order chi connectivity index (χ0) is 13.8. The molecule has 0 unspecified atom stereocenters. The summed E-state index contributed by atoms with van der Waals surface area (Å²) in [5, 5.41) is 0. The number of anilines is 1. The first-order valence-corrected chi connectivity index (χ1v) is 7.30. The van der Waals surface area contributed by atoms with Crippen LogP contribution in [0.4, 0.5) is 5.82 Å². The SMILES string of the molecule is Cc1cnc(N(Cc2ccccc2)C(C)C)c(Br)c1. The number of pyridine rings is 1. The fourth-order valence-corrected chi connectivity index (χ4v) is 2.71. The first kappa shape index (κ1) is 14.1. The summed E-state index contributed by atoms with van der Waals surface area (Å²) in [5.74, 6) is 1.00. The third-order valence-electron chi connectivity index (χ3n) is 3.05. The molecule has 0 aliphatic rings. The van der Waals surface area contributed by atoms with Crippen molar-refractivity contribution in [1.29, 1.82) is 0 Å². The van der Waals surface area contributed by atoms with Gasteiger partial charge in [0.25, 0.3) is 0 Å². The second-order valence-electron chi connectivity index (χ2n) is 5.03. The lowest BCUT2D eigenvalue weighted by Gasteiger charge is -2.29. The number of halogens is 1. The maximum Gasteiger partial charge on any atom is 0.143 e. The zero-order valence-corrected chi connectivity index (χ0v) is 13.2. The maximum absolute atomic E-state index is 4.57. The quantitative estimate of drug-likeness (QED) is 0.821. The minimum absolute atomic E-state index is 0.395. The summed E-state index contributed by atoms with van der Waals surface area (Å²) in [6, 6.07) is 13.0. The van der Waals surface area contributed by atoms with Gasteiger partial charge in [0.2, 0.25) is 0 Å². The van der Waals surface area contributed by atoms with Gasteiger partial charge in [0.15, 0.2) is 0 Å². The molecule has 0 radical (unpaired) electrons. The van der Waals surface area contributed by atoms with Crippen LogP contribution in [0.15, 0.2) is 47.1 Å². The highest BCUT2D eigenvalue weighted by molar-refractivity contribution is 9.10. The summed E-state index contributed by atoms with van der Waals surface area (Å²) in [6.07, 6.45) is 1.92. The van der Waals surface area contributed by atoms with E-state index in [0.717, 1.165) is 16.8 Å². The third kappa shape index (κ3) is 3.57. The van der Waals surface area contributed by atoms with Crippen LogP contribution < -0.4 is 4.90 Å². The highest BCUT2D eigenvalue weighted by Gasteiger charge is 2.15. The third-order valence-corrected chi connectivity index (χ3v) is 3.63. The molecule has 1 aromatic carbocycles. The molecule has 0 fully saturated rings. The number of hydrogen-bond donors (Lipinski definition) is 0. The van der Waals surface area contributed by atoms with E-state index in [1.807, 2.05) is 12.3 Å². The Morgan fingerprint density at radius 2 is 1.89 bits per heavy atom. The zero-order valence-electron chi connectivity index (χ0n) is 11.6. The van der Waals surface area contributed by atoms with E-state index in [-0.39, 0.29) is 0 Å². The van der Waals surface area contributed by atoms with Crippen molar-refractivity contribution in [3.63, 3.8) is 0 Å². The summed E-state index contributed by atoms with van der Waals surface area (Å²) in [5.41, 5.74) is 2.46. The Morgan fingerprint density at radius 1 is 1.21 bits per heavy atom. The van der Waals surface area contributed by atoms with Crippen LogP contribution in [0.25, 0.3) is 0 Å². The lowest BCUT2D eigenvalue weighted by molar-refractivity contribution is 0.670. The normalized spacial score (nSPS) is 10.8. The Hall–Kier alpha value is -1.35. The molecular weight excluding hydrogens is 300 g/mol. The molecule has 0 N–H and O–H groups in total. The lowest BCUT2D eigenvalue weighted by atomic mass is 10.2. The molecule has 0 spiro atoms. The summed E-state index contributed by atoms with van der Waals surface area (Å²) < 4.78 is 1.05. The Labute approximate surface area is 123 Å². The van der Waals surface area contributed by atoms with Crippen molar-refractivity contribution in [2.24, 2.45) is 0 Å². The number of rotatable bonds is 4. The van der Waals surface area contributed by atoms with E-state index in [2.05, 4.69) is 76.9 Å². The van der Waals surface area contributed by atoms with E-state index in [1.54, 1.807) is 0 Å². The van der Waals surface area contributed by atoms with Gasteiger partial charge in [-0.25, -0.2) is 4.98 Å². The van der Waals surface area contributed by atoms with Crippen LogP contribution in [-0.2, 0) is 6.54 Å². The Balaban J connectivity index is 2.30. The Morgan fingerprint density at radius 3 is 2.47 bits per heavy atom. The van der Waals surface area contributed by atoms with E-state index < -0.39 is 0 Å². The predicted molar refractivity (Wildman–Crippen MR) is 84.4 cm³/mol. The molecule has 0 saturated carbocycles. The monoisotopic (exact) mass is 318 g/mol. The molecule has 0 amide bonds. The lowest BCUT2D eigenvalue weighted by Crippen LogP contribution is -2.31. The van der Waals surface area contributed by atoms with E-state index >= 15 is 0 Å². The number of aromatic nitrogens is 1. The molecule has 2 aromatic rings. The topological polar surface area (TPSA) is 16.1 Å². The molecule has 100 valence electrons. The second kappa shape index (κ2) is 6.20. The number of aryl methyl sites for hydroxylation is 1. The number of benzene rings is 1. The second-order valence-corrected chi connectivity index (χ2v) is 5.88. The van der Waals surface area contributed by atoms with Crippen LogP contribution in [0.2, 0.25) is 0 Å². The van der Waals surface area contributed by atoms with Crippen LogP contribution in [0.5, 0.6) is 0 Å². The largest absolute Gasteiger partial charge is 0.349 e. The average molecular weight is 319 g/mol. The van der Waals surface area contributed by atoms with Gasteiger partial charge in [0.05, 0.1) is 4.47 Å². The van der Waals surface area contributed by atoms with Crippen LogP contribution in [0.1, 0.15) is 25.0 Å². The molecule has 2 nitrogen and oxygen atoms in total. The molecular formula is C16H19BrN2. The van der Waals surface area contributed by atoms with Crippen molar-refractivity contribution >= 4 is 21.7 Å². The van der Waals surface area contributed by atoms with E-state index in [4.69, 9.17) is 0 Å². The standard InChI is InChI=1S/C16H19BrN2/c1-12(2)19(11-14-7-5-4-6-8-14)16-15(17)9-13(3)10-18-16/h4-10,12H,11H2,1-3H3. The summed E-state index contributed by atoms with van der Waals surface area (Å²) >= 11 is 3.63. The molecule has 19 heavy (non-hydrogen) atoms. The number of hydrogen-bond acceptors (Lipinski definition) is 2. The first-order valence-electron chi connectivity index (χ1n) is 6.50. The summed E-state index contributed by atoms with van der Waals surface area (Å²) in [6.45, 7) is 7.31. The summed E-state index contributed by atoms with van der Waals surface area (Å²) in [7, 11) is 0. The highest BCUT2D eigenvalue weighted by atomic mass is 79.9. The van der Waals surface area contributed by atoms with Crippen molar-refractivity contribution in [3.05, 3.63) is 58.2 Å². The molecule has 0 saturated heterocycles. The highest BCUT2D eigenvalue weighted by Crippen LogP contribution is 2.27. The Bertz CT molecular complexity index is 538. The van der Waals surface area contributed by atoms with E-state index in [0.29, 0.717) is 6.04 Å². The van der Waals surface area contributed by atoms with Crippen molar-refractivity contribution < 1.29 is 0 Å². The average Bonchev–Trinajstić information content (AvgIpc) is 2.38. The minimum Gasteiger partial charge on any atom is -0.349 e. The number of nitrogens with zero attached hydrogens (tertiary/aromatic N) is 2. The van der Waals surface area contributed by atoms with Gasteiger partial charge in [0.1, 0.15) is 5.82 Å². The van der Waals surface area contributed by atoms with Gasteiger partial charge < -0.3 is 4.90 Å². The van der Waals surface area contributed by atoms with E-state index in [1.165, 1.54) is 11.1 Å². The fourth-order valence-electron chi connectivity index (χ4n) is 2.02. The van der Waals surface area contributed by atoms with Crippen LogP contribution >= 0.6 is 15.9 Å².